The molecule has 21 heavy (non-hydrogen) atoms. The molecule has 1 N–H and O–H groups in total. The maximum Gasteiger partial charge on any atom is 0.244 e. The Labute approximate surface area is 134 Å². The lowest BCUT2D eigenvalue weighted by Gasteiger charge is -2.03. The van der Waals surface area contributed by atoms with Crippen molar-refractivity contribution in [1.29, 1.82) is 0 Å². The van der Waals surface area contributed by atoms with Gasteiger partial charge in [0.15, 0.2) is 0 Å². The van der Waals surface area contributed by atoms with E-state index in [1.54, 1.807) is 17.8 Å². The molecule has 0 saturated heterocycles. The lowest BCUT2D eigenvalue weighted by atomic mass is 10.2. The van der Waals surface area contributed by atoms with Crippen LogP contribution >= 0.6 is 23.4 Å². The Morgan fingerprint density at radius 2 is 1.81 bits per heavy atom. The molecule has 0 saturated carbocycles. The van der Waals surface area contributed by atoms with E-state index in [-0.39, 0.29) is 5.91 Å². The van der Waals surface area contributed by atoms with Gasteiger partial charge in [0.1, 0.15) is 0 Å². The molecular weight excluding hydrogens is 302 g/mol. The highest BCUT2D eigenvalue weighted by Gasteiger charge is 1.97. The highest BCUT2D eigenvalue weighted by Crippen LogP contribution is 2.19. The van der Waals surface area contributed by atoms with E-state index in [1.165, 1.54) is 0 Å². The molecule has 108 valence electrons. The number of amides is 1. The summed E-state index contributed by atoms with van der Waals surface area (Å²) < 4.78 is 0. The van der Waals surface area contributed by atoms with Gasteiger partial charge in [0.25, 0.3) is 0 Å². The van der Waals surface area contributed by atoms with Crippen LogP contribution in [0, 0.1) is 0 Å². The van der Waals surface area contributed by atoms with Crippen molar-refractivity contribution in [1.82, 2.24) is 5.32 Å². The van der Waals surface area contributed by atoms with Crippen LogP contribution in [-0.4, -0.2) is 18.2 Å². The van der Waals surface area contributed by atoms with Gasteiger partial charge in [-0.2, -0.15) is 0 Å². The van der Waals surface area contributed by atoms with E-state index < -0.39 is 0 Å². The Hall–Kier alpha value is -1.71. The molecule has 2 rings (SSSR count). The van der Waals surface area contributed by atoms with Crippen molar-refractivity contribution in [2.75, 3.05) is 12.3 Å². The summed E-state index contributed by atoms with van der Waals surface area (Å²) in [6.07, 6.45) is 3.37. The van der Waals surface area contributed by atoms with Crippen molar-refractivity contribution in [3.8, 4) is 0 Å². The van der Waals surface area contributed by atoms with Crippen molar-refractivity contribution in [2.45, 2.75) is 4.90 Å². The first-order valence-electron chi connectivity index (χ1n) is 6.63. The first-order valence-corrected chi connectivity index (χ1v) is 8.00. The molecule has 2 aromatic carbocycles. The third kappa shape index (κ3) is 6.06. The van der Waals surface area contributed by atoms with E-state index >= 15 is 0 Å². The average molecular weight is 318 g/mol. The molecule has 1 amide bonds. The minimum absolute atomic E-state index is 0.0736. The van der Waals surface area contributed by atoms with E-state index in [0.29, 0.717) is 6.54 Å². The highest BCUT2D eigenvalue weighted by atomic mass is 35.5. The van der Waals surface area contributed by atoms with Gasteiger partial charge in [0, 0.05) is 28.3 Å². The number of thioether (sulfide) groups is 1. The lowest BCUT2D eigenvalue weighted by Crippen LogP contribution is -2.23. The molecule has 0 fully saturated rings. The Morgan fingerprint density at radius 1 is 1.10 bits per heavy atom. The van der Waals surface area contributed by atoms with Crippen LogP contribution in [0.1, 0.15) is 5.56 Å². The van der Waals surface area contributed by atoms with Crippen molar-refractivity contribution in [3.05, 3.63) is 71.3 Å². The summed E-state index contributed by atoms with van der Waals surface area (Å²) in [5.74, 6) is 0.752. The Morgan fingerprint density at radius 3 is 2.52 bits per heavy atom. The van der Waals surface area contributed by atoms with Gasteiger partial charge >= 0.3 is 0 Å². The zero-order chi connectivity index (χ0) is 14.9. The first-order chi connectivity index (χ1) is 10.2. The molecule has 0 aliphatic heterocycles. The van der Waals surface area contributed by atoms with Gasteiger partial charge in [-0.05, 0) is 35.9 Å². The zero-order valence-corrected chi connectivity index (χ0v) is 13.0. The first kappa shape index (κ1) is 15.7. The largest absolute Gasteiger partial charge is 0.352 e. The fourth-order valence-electron chi connectivity index (χ4n) is 1.67. The SMILES string of the molecule is O=C(C=Cc1ccccc1)NCCSc1ccc(Cl)cc1. The number of carbonyl (C=O) groups is 1. The van der Waals surface area contributed by atoms with E-state index in [2.05, 4.69) is 5.32 Å². The van der Waals surface area contributed by atoms with E-state index in [4.69, 9.17) is 11.6 Å². The minimum atomic E-state index is -0.0736. The molecule has 0 radical (unpaired) electrons. The topological polar surface area (TPSA) is 29.1 Å². The second kappa shape index (κ2) is 8.55. The van der Waals surface area contributed by atoms with E-state index in [9.17, 15) is 4.79 Å². The Kier molecular flexibility index (Phi) is 6.38. The van der Waals surface area contributed by atoms with Gasteiger partial charge in [-0.25, -0.2) is 0 Å². The summed E-state index contributed by atoms with van der Waals surface area (Å²) in [4.78, 5) is 12.8. The monoisotopic (exact) mass is 317 g/mol. The predicted octanol–water partition coefficient (Wildman–Crippen LogP) is 4.26. The van der Waals surface area contributed by atoms with Crippen LogP contribution in [0.25, 0.3) is 6.08 Å². The van der Waals surface area contributed by atoms with Gasteiger partial charge in [-0.15, -0.1) is 11.8 Å². The third-order valence-electron chi connectivity index (χ3n) is 2.71. The molecule has 0 atom stereocenters. The van der Waals surface area contributed by atoms with Gasteiger partial charge in [-0.1, -0.05) is 41.9 Å². The summed E-state index contributed by atoms with van der Waals surface area (Å²) in [5, 5.41) is 3.60. The Balaban J connectivity index is 1.67. The number of hydrogen-bond donors (Lipinski definition) is 1. The quantitative estimate of drug-likeness (QED) is 0.490. The fraction of sp³-hybridized carbons (Fsp3) is 0.118. The molecular formula is C17H16ClNOS. The van der Waals surface area contributed by atoms with Crippen molar-refractivity contribution < 1.29 is 4.79 Å². The maximum atomic E-state index is 11.6. The van der Waals surface area contributed by atoms with Crippen LogP contribution < -0.4 is 5.32 Å². The van der Waals surface area contributed by atoms with Crippen LogP contribution in [0.4, 0.5) is 0 Å². The van der Waals surface area contributed by atoms with Crippen LogP contribution in [0.2, 0.25) is 5.02 Å². The van der Waals surface area contributed by atoms with Gasteiger partial charge < -0.3 is 5.32 Å². The molecule has 0 spiro atoms. The van der Waals surface area contributed by atoms with Crippen molar-refractivity contribution in [3.63, 3.8) is 0 Å². The van der Waals surface area contributed by atoms with Crippen LogP contribution in [0.5, 0.6) is 0 Å². The molecule has 0 aromatic heterocycles. The van der Waals surface area contributed by atoms with E-state index in [1.807, 2.05) is 60.7 Å². The average Bonchev–Trinajstić information content (AvgIpc) is 2.52. The van der Waals surface area contributed by atoms with Crippen LogP contribution in [-0.2, 0) is 4.79 Å². The maximum absolute atomic E-state index is 11.6. The molecule has 0 bridgehead atoms. The lowest BCUT2D eigenvalue weighted by molar-refractivity contribution is -0.116. The summed E-state index contributed by atoms with van der Waals surface area (Å²) in [7, 11) is 0. The molecule has 2 aromatic rings. The number of hydrogen-bond acceptors (Lipinski definition) is 2. The van der Waals surface area contributed by atoms with E-state index in [0.717, 1.165) is 21.2 Å². The predicted molar refractivity (Wildman–Crippen MR) is 90.7 cm³/mol. The summed E-state index contributed by atoms with van der Waals surface area (Å²) in [6.45, 7) is 0.630. The molecule has 0 aliphatic rings. The van der Waals surface area contributed by atoms with Gasteiger partial charge in [0.05, 0.1) is 0 Å². The van der Waals surface area contributed by atoms with Crippen molar-refractivity contribution >= 4 is 35.3 Å². The summed E-state index contributed by atoms with van der Waals surface area (Å²) >= 11 is 7.51. The smallest absolute Gasteiger partial charge is 0.244 e. The standard InChI is InChI=1S/C17H16ClNOS/c18-15-7-9-16(10-8-15)21-13-12-19-17(20)11-6-14-4-2-1-3-5-14/h1-11H,12-13H2,(H,19,20). The normalized spacial score (nSPS) is 10.7. The zero-order valence-electron chi connectivity index (χ0n) is 11.5. The number of benzene rings is 2. The molecule has 0 aliphatic carbocycles. The second-order valence-corrected chi connectivity index (χ2v) is 5.94. The molecule has 0 heterocycles. The fourth-order valence-corrected chi connectivity index (χ4v) is 2.56. The van der Waals surface area contributed by atoms with Crippen LogP contribution in [0.3, 0.4) is 0 Å². The molecule has 2 nitrogen and oxygen atoms in total. The minimum Gasteiger partial charge on any atom is -0.352 e. The Bertz CT molecular complexity index is 596. The number of carbonyl (C=O) groups excluding carboxylic acids is 1. The molecule has 0 unspecified atom stereocenters. The summed E-state index contributed by atoms with van der Waals surface area (Å²) in [6, 6.07) is 17.4. The summed E-state index contributed by atoms with van der Waals surface area (Å²) in [5.41, 5.74) is 1.02. The number of halogens is 1. The van der Waals surface area contributed by atoms with Crippen molar-refractivity contribution in [2.24, 2.45) is 0 Å². The van der Waals surface area contributed by atoms with Gasteiger partial charge in [-0.3, -0.25) is 4.79 Å². The third-order valence-corrected chi connectivity index (χ3v) is 3.98. The second-order valence-electron chi connectivity index (χ2n) is 4.34. The number of rotatable bonds is 6. The number of nitrogens with one attached hydrogen (secondary N) is 1. The van der Waals surface area contributed by atoms with Gasteiger partial charge in [0.2, 0.25) is 5.91 Å². The highest BCUT2D eigenvalue weighted by molar-refractivity contribution is 7.99. The molecule has 4 heteroatoms. The van der Waals surface area contributed by atoms with Crippen LogP contribution in [0.15, 0.2) is 65.6 Å².